The van der Waals surface area contributed by atoms with E-state index in [1.807, 2.05) is 19.1 Å². The lowest BCUT2D eigenvalue weighted by Gasteiger charge is -2.28. The number of aromatic nitrogens is 5. The first-order valence-electron chi connectivity index (χ1n) is 14.3. The van der Waals surface area contributed by atoms with E-state index in [1.54, 1.807) is 21.6 Å². The number of nitrogens with zero attached hydrogens (tertiary/aromatic N) is 6. The van der Waals surface area contributed by atoms with Crippen LogP contribution in [0.4, 0.5) is 11.6 Å². The van der Waals surface area contributed by atoms with Crippen LogP contribution in [-0.4, -0.2) is 47.9 Å². The molecule has 40 heavy (non-hydrogen) atoms. The molecule has 4 heterocycles. The van der Waals surface area contributed by atoms with E-state index in [-0.39, 0.29) is 12.1 Å². The number of benzene rings is 1. The lowest BCUT2D eigenvalue weighted by molar-refractivity contribution is 0.0306. The summed E-state index contributed by atoms with van der Waals surface area (Å²) in [5.41, 5.74) is 6.33. The van der Waals surface area contributed by atoms with Crippen molar-refractivity contribution in [3.05, 3.63) is 81.4 Å². The number of hydrogen-bond acceptors (Lipinski definition) is 7. The molecule has 0 amide bonds. The molecule has 7 rings (SSSR count). The third-order valence-electron chi connectivity index (χ3n) is 8.83. The molecule has 1 atom stereocenters. The Bertz CT molecular complexity index is 1720. The maximum absolute atomic E-state index is 13.4. The molecule has 0 spiro atoms. The molecule has 1 aliphatic heterocycles. The minimum absolute atomic E-state index is 0.206. The van der Waals surface area contributed by atoms with Gasteiger partial charge in [-0.3, -0.25) is 4.79 Å². The molecular weight excluding hydrogens is 502 g/mol. The van der Waals surface area contributed by atoms with Gasteiger partial charge in [0.1, 0.15) is 11.0 Å². The van der Waals surface area contributed by atoms with Crippen LogP contribution in [0.25, 0.3) is 16.9 Å². The summed E-state index contributed by atoms with van der Waals surface area (Å²) in [4.78, 5) is 30.1. The number of fused-ring (bicyclic) bond motifs is 3. The zero-order chi connectivity index (χ0) is 27.6. The second-order valence-electron chi connectivity index (χ2n) is 11.6. The SMILES string of the molecule is C=CCn1c(=O)c2cnc(Nc3cc4c(c(C5CC5)c3)CCN(C)C4)nc2n1-c1ccc2c(n1)[C@@](O)(CC)CC2. The summed E-state index contributed by atoms with van der Waals surface area (Å²) in [6.45, 7) is 8.14. The second-order valence-corrected chi connectivity index (χ2v) is 11.6. The highest BCUT2D eigenvalue weighted by Crippen LogP contribution is 2.45. The molecule has 9 heteroatoms. The molecule has 0 radical (unpaired) electrons. The topological polar surface area (TPSA) is 101 Å². The Labute approximate surface area is 233 Å². The van der Waals surface area contributed by atoms with Crippen LogP contribution < -0.4 is 10.9 Å². The number of rotatable bonds is 7. The highest BCUT2D eigenvalue weighted by Gasteiger charge is 2.37. The van der Waals surface area contributed by atoms with Crippen molar-refractivity contribution in [2.75, 3.05) is 18.9 Å². The highest BCUT2D eigenvalue weighted by molar-refractivity contribution is 5.77. The summed E-state index contributed by atoms with van der Waals surface area (Å²) in [5.74, 6) is 1.61. The molecule has 3 aliphatic rings. The lowest BCUT2D eigenvalue weighted by atomic mass is 9.91. The van der Waals surface area contributed by atoms with Crippen LogP contribution in [0.2, 0.25) is 0 Å². The monoisotopic (exact) mass is 537 g/mol. The third-order valence-corrected chi connectivity index (χ3v) is 8.83. The van der Waals surface area contributed by atoms with Gasteiger partial charge < -0.3 is 15.3 Å². The molecule has 4 aromatic rings. The number of nitrogens with one attached hydrogen (secondary N) is 1. The van der Waals surface area contributed by atoms with Gasteiger partial charge in [0.05, 0.1) is 12.2 Å². The van der Waals surface area contributed by atoms with Gasteiger partial charge in [-0.1, -0.05) is 19.1 Å². The average molecular weight is 538 g/mol. The van der Waals surface area contributed by atoms with Crippen LogP contribution in [0.1, 0.15) is 66.5 Å². The van der Waals surface area contributed by atoms with Crippen molar-refractivity contribution >= 4 is 22.7 Å². The molecule has 9 nitrogen and oxygen atoms in total. The summed E-state index contributed by atoms with van der Waals surface area (Å²) >= 11 is 0. The Hall–Kier alpha value is -3.82. The molecule has 1 aromatic carbocycles. The zero-order valence-electron chi connectivity index (χ0n) is 23.2. The van der Waals surface area contributed by atoms with E-state index in [0.29, 0.717) is 47.3 Å². The van der Waals surface area contributed by atoms with Gasteiger partial charge >= 0.3 is 0 Å². The maximum Gasteiger partial charge on any atom is 0.278 e. The number of hydrogen-bond donors (Lipinski definition) is 2. The van der Waals surface area contributed by atoms with E-state index in [0.717, 1.165) is 37.2 Å². The molecule has 1 fully saturated rings. The van der Waals surface area contributed by atoms with E-state index in [2.05, 4.69) is 41.0 Å². The summed E-state index contributed by atoms with van der Waals surface area (Å²) in [7, 11) is 2.17. The molecule has 0 saturated heterocycles. The Balaban J connectivity index is 1.33. The number of anilines is 2. The van der Waals surface area contributed by atoms with Gasteiger partial charge in [0.2, 0.25) is 5.95 Å². The summed E-state index contributed by atoms with van der Waals surface area (Å²) in [6.07, 6.45) is 8.87. The normalized spacial score (nSPS) is 20.5. The van der Waals surface area contributed by atoms with Crippen molar-refractivity contribution in [3.8, 4) is 5.82 Å². The van der Waals surface area contributed by atoms with Crippen LogP contribution in [0.3, 0.4) is 0 Å². The number of allylic oxidation sites excluding steroid dienone is 1. The van der Waals surface area contributed by atoms with E-state index in [4.69, 9.17) is 9.97 Å². The predicted octanol–water partition coefficient (Wildman–Crippen LogP) is 4.32. The summed E-state index contributed by atoms with van der Waals surface area (Å²) in [5, 5.41) is 15.0. The number of likely N-dealkylation sites (N-methyl/N-ethyl adjacent to an activating group) is 1. The Kier molecular flexibility index (Phi) is 5.90. The van der Waals surface area contributed by atoms with E-state index in [1.165, 1.54) is 29.5 Å². The molecule has 0 bridgehead atoms. The standard InChI is InChI=1S/C31H35N7O2/c1-4-13-37-29(39)25-17-32-30(33-22-15-21-18-36(3)14-11-23(21)24(16-22)19-6-7-19)35-28(25)38(37)26-9-8-20-10-12-31(40,5-2)27(20)34-26/h4,8-9,15-17,19,40H,1,5-7,10-14,18H2,2-3H3,(H,32,33,35)/t31-/m1/s1. The maximum atomic E-state index is 13.4. The molecule has 2 N–H and O–H groups in total. The van der Waals surface area contributed by atoms with Gasteiger partial charge in [0, 0.05) is 25.0 Å². The zero-order valence-corrected chi connectivity index (χ0v) is 23.2. The average Bonchev–Trinajstić information content (AvgIpc) is 3.70. The Morgan fingerprint density at radius 1 is 1.20 bits per heavy atom. The van der Waals surface area contributed by atoms with Gasteiger partial charge in [-0.25, -0.2) is 19.3 Å². The molecule has 3 aromatic heterocycles. The Morgan fingerprint density at radius 3 is 2.83 bits per heavy atom. The van der Waals surface area contributed by atoms with E-state index >= 15 is 0 Å². The quantitative estimate of drug-likeness (QED) is 0.339. The van der Waals surface area contributed by atoms with Crippen molar-refractivity contribution in [1.82, 2.24) is 29.2 Å². The first-order valence-corrected chi connectivity index (χ1v) is 14.3. The fourth-order valence-corrected chi connectivity index (χ4v) is 6.45. The minimum atomic E-state index is -0.959. The minimum Gasteiger partial charge on any atom is -0.384 e. The first kappa shape index (κ1) is 25.2. The smallest absolute Gasteiger partial charge is 0.278 e. The second kappa shape index (κ2) is 9.38. The third kappa shape index (κ3) is 4.07. The predicted molar refractivity (Wildman–Crippen MR) is 155 cm³/mol. The molecule has 0 unspecified atom stereocenters. The van der Waals surface area contributed by atoms with E-state index in [9.17, 15) is 9.90 Å². The number of aryl methyl sites for hydroxylation is 1. The van der Waals surface area contributed by atoms with Crippen LogP contribution >= 0.6 is 0 Å². The van der Waals surface area contributed by atoms with Crippen molar-refractivity contribution in [1.29, 1.82) is 0 Å². The van der Waals surface area contributed by atoms with Crippen LogP contribution in [0, 0.1) is 0 Å². The summed E-state index contributed by atoms with van der Waals surface area (Å²) in [6, 6.07) is 8.38. The van der Waals surface area contributed by atoms with Crippen LogP contribution in [-0.2, 0) is 31.5 Å². The van der Waals surface area contributed by atoms with Crippen LogP contribution in [0.5, 0.6) is 0 Å². The largest absolute Gasteiger partial charge is 0.384 e. The van der Waals surface area contributed by atoms with Gasteiger partial charge in [-0.2, -0.15) is 4.98 Å². The fourth-order valence-electron chi connectivity index (χ4n) is 6.45. The van der Waals surface area contributed by atoms with Gasteiger partial charge in [0.25, 0.3) is 5.56 Å². The van der Waals surface area contributed by atoms with Crippen molar-refractivity contribution < 1.29 is 5.11 Å². The molecule has 206 valence electrons. The van der Waals surface area contributed by atoms with Crippen LogP contribution in [0.15, 0.2) is 47.9 Å². The molecule has 1 saturated carbocycles. The highest BCUT2D eigenvalue weighted by atomic mass is 16.3. The molecular formula is C31H35N7O2. The first-order chi connectivity index (χ1) is 19.4. The fraction of sp³-hybridized carbons (Fsp3) is 0.419. The van der Waals surface area contributed by atoms with E-state index < -0.39 is 5.60 Å². The molecule has 2 aliphatic carbocycles. The van der Waals surface area contributed by atoms with Crippen molar-refractivity contribution in [2.45, 2.75) is 70.1 Å². The van der Waals surface area contributed by atoms with Gasteiger partial charge in [-0.05, 0) is 91.9 Å². The number of aliphatic hydroxyl groups is 1. The van der Waals surface area contributed by atoms with Gasteiger partial charge in [0.15, 0.2) is 11.5 Å². The summed E-state index contributed by atoms with van der Waals surface area (Å²) < 4.78 is 3.31. The van der Waals surface area contributed by atoms with Crippen molar-refractivity contribution in [3.63, 3.8) is 0 Å². The van der Waals surface area contributed by atoms with Crippen molar-refractivity contribution in [2.24, 2.45) is 0 Å². The Morgan fingerprint density at radius 2 is 2.05 bits per heavy atom. The van der Waals surface area contributed by atoms with Gasteiger partial charge in [-0.15, -0.1) is 6.58 Å². The lowest BCUT2D eigenvalue weighted by Crippen LogP contribution is -2.27. The number of pyridine rings is 1.